The van der Waals surface area contributed by atoms with Gasteiger partial charge in [-0.2, -0.15) is 0 Å². The molecule has 0 saturated carbocycles. The van der Waals surface area contributed by atoms with Crippen molar-refractivity contribution in [3.8, 4) is 0 Å². The predicted octanol–water partition coefficient (Wildman–Crippen LogP) is 3.87. The fraction of sp³-hybridized carbons (Fsp3) is 0.278. The maximum Gasteiger partial charge on any atom is 0.341 e. The molecule has 132 valence electrons. The second-order valence-electron chi connectivity index (χ2n) is 5.32. The molecule has 0 aliphatic carbocycles. The number of ketones is 2. The van der Waals surface area contributed by atoms with Gasteiger partial charge in [0.05, 0.1) is 23.6 Å². The molecule has 2 aromatic rings. The molecule has 0 saturated heterocycles. The smallest absolute Gasteiger partial charge is 0.341 e. The number of nitrogens with one attached hydrogen (secondary N) is 1. The largest absolute Gasteiger partial charge is 0.462 e. The van der Waals surface area contributed by atoms with Crippen molar-refractivity contribution in [3.63, 3.8) is 0 Å². The van der Waals surface area contributed by atoms with Gasteiger partial charge in [0.25, 0.3) is 0 Å². The number of hydrogen-bond acceptors (Lipinski definition) is 6. The highest BCUT2D eigenvalue weighted by molar-refractivity contribution is 7.18. The second kappa shape index (κ2) is 8.02. The Morgan fingerprint density at radius 1 is 1.20 bits per heavy atom. The summed E-state index contributed by atoms with van der Waals surface area (Å²) in [4.78, 5) is 36.6. The van der Waals surface area contributed by atoms with Crippen LogP contribution >= 0.6 is 11.3 Å². The lowest BCUT2D eigenvalue weighted by Crippen LogP contribution is -2.16. The fourth-order valence-electron chi connectivity index (χ4n) is 2.32. The molecule has 1 heterocycles. The van der Waals surface area contributed by atoms with Crippen LogP contribution in [0.25, 0.3) is 0 Å². The van der Waals surface area contributed by atoms with Crippen LogP contribution in [0.5, 0.6) is 0 Å². The zero-order valence-corrected chi connectivity index (χ0v) is 15.0. The van der Waals surface area contributed by atoms with E-state index in [4.69, 9.17) is 4.74 Å². The highest BCUT2D eigenvalue weighted by Crippen LogP contribution is 2.34. The highest BCUT2D eigenvalue weighted by atomic mass is 32.1. The lowest BCUT2D eigenvalue weighted by Gasteiger charge is -2.07. The minimum absolute atomic E-state index is 0.0880. The van der Waals surface area contributed by atoms with Crippen LogP contribution in [0.2, 0.25) is 0 Å². The summed E-state index contributed by atoms with van der Waals surface area (Å²) in [7, 11) is 0. The summed E-state index contributed by atoms with van der Waals surface area (Å²) in [5.74, 6) is -1.38. The lowest BCUT2D eigenvalue weighted by molar-refractivity contribution is 0.0527. The minimum atomic E-state index is -0.541. The van der Waals surface area contributed by atoms with Crippen LogP contribution in [-0.2, 0) is 4.74 Å². The van der Waals surface area contributed by atoms with Gasteiger partial charge in [-0.25, -0.2) is 9.18 Å². The van der Waals surface area contributed by atoms with Crippen LogP contribution < -0.4 is 5.32 Å². The van der Waals surface area contributed by atoms with Gasteiger partial charge in [-0.05, 0) is 50.6 Å². The van der Waals surface area contributed by atoms with Crippen molar-refractivity contribution in [2.45, 2.75) is 20.8 Å². The Balaban J connectivity index is 2.24. The number of thiophene rings is 1. The fourth-order valence-corrected chi connectivity index (χ4v) is 3.41. The number of hydrogen-bond donors (Lipinski definition) is 1. The number of anilines is 1. The average molecular weight is 363 g/mol. The third-order valence-electron chi connectivity index (χ3n) is 3.52. The molecule has 0 atom stereocenters. The summed E-state index contributed by atoms with van der Waals surface area (Å²) in [5.41, 5.74) is 1.16. The number of esters is 1. The van der Waals surface area contributed by atoms with Gasteiger partial charge in [-0.15, -0.1) is 11.3 Å². The first-order valence-electron chi connectivity index (χ1n) is 7.69. The van der Waals surface area contributed by atoms with Gasteiger partial charge in [-0.3, -0.25) is 9.59 Å². The van der Waals surface area contributed by atoms with E-state index >= 15 is 0 Å². The molecule has 7 heteroatoms. The maximum absolute atomic E-state index is 12.9. The number of carbonyl (C=O) groups excluding carboxylic acids is 3. The molecule has 0 unspecified atom stereocenters. The molecule has 1 aromatic heterocycles. The van der Waals surface area contributed by atoms with Gasteiger partial charge < -0.3 is 10.1 Å². The van der Waals surface area contributed by atoms with E-state index in [0.29, 0.717) is 21.0 Å². The number of carbonyl (C=O) groups is 3. The molecule has 1 aromatic carbocycles. The summed E-state index contributed by atoms with van der Waals surface area (Å²) < 4.78 is 18.0. The third-order valence-corrected chi connectivity index (χ3v) is 4.87. The van der Waals surface area contributed by atoms with E-state index in [1.165, 1.54) is 31.2 Å². The molecule has 0 bridgehead atoms. The van der Waals surface area contributed by atoms with Crippen molar-refractivity contribution >= 4 is 33.9 Å². The van der Waals surface area contributed by atoms with Crippen LogP contribution in [0, 0.1) is 12.7 Å². The first-order valence-corrected chi connectivity index (χ1v) is 8.50. The van der Waals surface area contributed by atoms with Gasteiger partial charge in [0.15, 0.2) is 11.6 Å². The second-order valence-corrected chi connectivity index (χ2v) is 6.34. The van der Waals surface area contributed by atoms with Gasteiger partial charge >= 0.3 is 5.97 Å². The van der Waals surface area contributed by atoms with Crippen LogP contribution in [0.4, 0.5) is 9.39 Å². The summed E-state index contributed by atoms with van der Waals surface area (Å²) in [6, 6.07) is 5.21. The predicted molar refractivity (Wildman–Crippen MR) is 94.2 cm³/mol. The molecule has 2 rings (SSSR count). The molecule has 25 heavy (non-hydrogen) atoms. The highest BCUT2D eigenvalue weighted by Gasteiger charge is 2.24. The normalized spacial score (nSPS) is 10.4. The minimum Gasteiger partial charge on any atom is -0.462 e. The Bertz CT molecular complexity index is 811. The Hall–Kier alpha value is -2.54. The SMILES string of the molecule is CCOC(=O)c1c(NCC(=O)c2ccc(F)cc2)sc(C(C)=O)c1C. The first kappa shape index (κ1) is 18.8. The molecule has 0 amide bonds. The van der Waals surface area contributed by atoms with Crippen LogP contribution in [0.15, 0.2) is 24.3 Å². The summed E-state index contributed by atoms with van der Waals surface area (Å²) in [5, 5.41) is 3.32. The van der Waals surface area contributed by atoms with Gasteiger partial charge in [0.2, 0.25) is 0 Å². The Morgan fingerprint density at radius 2 is 1.84 bits per heavy atom. The molecule has 1 N–H and O–H groups in total. The number of halogens is 1. The van der Waals surface area contributed by atoms with Gasteiger partial charge in [0.1, 0.15) is 10.8 Å². The number of rotatable bonds is 7. The average Bonchev–Trinajstić information content (AvgIpc) is 2.90. The lowest BCUT2D eigenvalue weighted by atomic mass is 10.1. The van der Waals surface area contributed by atoms with E-state index in [-0.39, 0.29) is 30.3 Å². The van der Waals surface area contributed by atoms with Crippen LogP contribution in [0.3, 0.4) is 0 Å². The van der Waals surface area contributed by atoms with E-state index in [9.17, 15) is 18.8 Å². The van der Waals surface area contributed by atoms with Crippen molar-refractivity contribution in [1.82, 2.24) is 0 Å². The Morgan fingerprint density at radius 3 is 2.40 bits per heavy atom. The number of ether oxygens (including phenoxy) is 1. The molecule has 0 aliphatic heterocycles. The van der Waals surface area contributed by atoms with Crippen molar-refractivity contribution in [3.05, 3.63) is 51.7 Å². The van der Waals surface area contributed by atoms with Crippen molar-refractivity contribution in [2.24, 2.45) is 0 Å². The van der Waals surface area contributed by atoms with Gasteiger partial charge in [-0.1, -0.05) is 0 Å². The molecular weight excluding hydrogens is 345 g/mol. The van der Waals surface area contributed by atoms with E-state index in [1.54, 1.807) is 13.8 Å². The van der Waals surface area contributed by atoms with Crippen molar-refractivity contribution < 1.29 is 23.5 Å². The van der Waals surface area contributed by atoms with Crippen molar-refractivity contribution in [2.75, 3.05) is 18.5 Å². The molecule has 0 radical (unpaired) electrons. The molecule has 0 fully saturated rings. The van der Waals surface area contributed by atoms with Crippen LogP contribution in [-0.4, -0.2) is 30.7 Å². The Kier molecular flexibility index (Phi) is 6.03. The zero-order chi connectivity index (χ0) is 18.6. The quantitative estimate of drug-likeness (QED) is 0.597. The summed E-state index contributed by atoms with van der Waals surface area (Å²) in [6.45, 7) is 4.90. The molecule has 0 aliphatic rings. The summed E-state index contributed by atoms with van der Waals surface area (Å²) in [6.07, 6.45) is 0. The zero-order valence-electron chi connectivity index (χ0n) is 14.1. The van der Waals surface area contributed by atoms with E-state index in [2.05, 4.69) is 5.32 Å². The Labute approximate surface area is 148 Å². The monoisotopic (exact) mass is 363 g/mol. The molecule has 0 spiro atoms. The van der Waals surface area contributed by atoms with Gasteiger partial charge in [0, 0.05) is 5.56 Å². The van der Waals surface area contributed by atoms with E-state index < -0.39 is 11.8 Å². The molecule has 5 nitrogen and oxygen atoms in total. The first-order chi connectivity index (χ1) is 11.8. The van der Waals surface area contributed by atoms with E-state index in [0.717, 1.165) is 11.3 Å². The van der Waals surface area contributed by atoms with E-state index in [1.807, 2.05) is 0 Å². The van der Waals surface area contributed by atoms with Crippen LogP contribution in [0.1, 0.15) is 49.8 Å². The number of Topliss-reactive ketones (excluding diaryl/α,β-unsaturated/α-hetero) is 2. The number of benzene rings is 1. The third kappa shape index (κ3) is 4.30. The van der Waals surface area contributed by atoms with Crippen molar-refractivity contribution in [1.29, 1.82) is 0 Å². The summed E-state index contributed by atoms with van der Waals surface area (Å²) >= 11 is 1.11. The maximum atomic E-state index is 12.9. The standard InChI is InChI=1S/C18H18FNO4S/c1-4-24-18(23)15-10(2)16(11(3)21)25-17(15)20-9-14(22)12-5-7-13(19)8-6-12/h5-8,20H,4,9H2,1-3H3. The topological polar surface area (TPSA) is 72.5 Å². The molecular formula is C18H18FNO4S.